The second kappa shape index (κ2) is 4.81. The number of aromatic nitrogens is 1. The highest BCUT2D eigenvalue weighted by Crippen LogP contribution is 2.05. The van der Waals surface area contributed by atoms with E-state index in [1.807, 2.05) is 13.8 Å². The van der Waals surface area contributed by atoms with Crippen molar-refractivity contribution in [3.63, 3.8) is 0 Å². The first-order valence-corrected chi connectivity index (χ1v) is 5.00. The Labute approximate surface area is 81.9 Å². The zero-order chi connectivity index (χ0) is 9.68. The van der Waals surface area contributed by atoms with Gasteiger partial charge in [-0.25, -0.2) is 4.99 Å². The monoisotopic (exact) mass is 198 g/mol. The number of guanidine groups is 1. The van der Waals surface area contributed by atoms with Crippen molar-refractivity contribution in [3.05, 3.63) is 16.6 Å². The quantitative estimate of drug-likeness (QED) is 0.561. The topological polar surface area (TPSA) is 63.3 Å². The number of aliphatic imine (C=N–C) groups is 1. The molecule has 1 aromatic rings. The van der Waals surface area contributed by atoms with E-state index < -0.39 is 0 Å². The maximum absolute atomic E-state index is 5.61. The molecule has 0 bridgehead atoms. The lowest BCUT2D eigenvalue weighted by molar-refractivity contribution is 0.724. The summed E-state index contributed by atoms with van der Waals surface area (Å²) in [5.74, 6) is 0.489. The molecule has 0 saturated heterocycles. The van der Waals surface area contributed by atoms with Gasteiger partial charge in [0.05, 0.1) is 12.1 Å². The van der Waals surface area contributed by atoms with Gasteiger partial charge < -0.3 is 11.1 Å². The second-order valence-corrected chi connectivity index (χ2v) is 3.94. The Balaban J connectivity index is 2.39. The zero-order valence-electron chi connectivity index (χ0n) is 7.82. The number of rotatable bonds is 3. The predicted octanol–water partition coefficient (Wildman–Crippen LogP) is 0.956. The van der Waals surface area contributed by atoms with Crippen LogP contribution in [-0.4, -0.2) is 17.0 Å². The van der Waals surface area contributed by atoms with Crippen molar-refractivity contribution in [1.29, 1.82) is 0 Å². The highest BCUT2D eigenvalue weighted by Gasteiger charge is 1.95. The molecule has 0 radical (unpaired) electrons. The number of nitrogens with one attached hydrogen (secondary N) is 1. The van der Waals surface area contributed by atoms with Crippen molar-refractivity contribution >= 4 is 17.3 Å². The Hall–Kier alpha value is -1.10. The lowest BCUT2D eigenvalue weighted by Crippen LogP contribution is -2.36. The van der Waals surface area contributed by atoms with Crippen LogP contribution in [0.1, 0.15) is 18.7 Å². The molecule has 0 aliphatic carbocycles. The van der Waals surface area contributed by atoms with Crippen LogP contribution in [-0.2, 0) is 6.54 Å². The number of nitrogens with zero attached hydrogens (tertiary/aromatic N) is 2. The Bertz CT molecular complexity index is 266. The molecular weight excluding hydrogens is 184 g/mol. The summed E-state index contributed by atoms with van der Waals surface area (Å²) in [6.07, 6.45) is 1.80. The van der Waals surface area contributed by atoms with Gasteiger partial charge in [0, 0.05) is 17.1 Å². The van der Waals surface area contributed by atoms with Crippen LogP contribution < -0.4 is 11.1 Å². The van der Waals surface area contributed by atoms with Gasteiger partial charge in [0.15, 0.2) is 5.96 Å². The third kappa shape index (κ3) is 3.89. The molecule has 0 fully saturated rings. The Morgan fingerprint density at radius 2 is 2.54 bits per heavy atom. The van der Waals surface area contributed by atoms with Crippen LogP contribution >= 0.6 is 11.3 Å². The van der Waals surface area contributed by atoms with Crippen LogP contribution in [0.2, 0.25) is 0 Å². The molecule has 0 spiro atoms. The lowest BCUT2D eigenvalue weighted by atomic mass is 10.4. The zero-order valence-corrected chi connectivity index (χ0v) is 8.64. The Morgan fingerprint density at radius 3 is 3.08 bits per heavy atom. The first kappa shape index (κ1) is 9.98. The first-order valence-electron chi connectivity index (χ1n) is 4.12. The summed E-state index contributed by atoms with van der Waals surface area (Å²) < 4.78 is 0. The molecule has 1 rings (SSSR count). The van der Waals surface area contributed by atoms with E-state index >= 15 is 0 Å². The molecule has 1 aromatic heterocycles. The minimum Gasteiger partial charge on any atom is -0.370 e. The van der Waals surface area contributed by atoms with Gasteiger partial charge in [-0.1, -0.05) is 0 Å². The van der Waals surface area contributed by atoms with Crippen LogP contribution in [0.5, 0.6) is 0 Å². The van der Waals surface area contributed by atoms with E-state index in [4.69, 9.17) is 5.73 Å². The molecule has 1 heterocycles. The van der Waals surface area contributed by atoms with Gasteiger partial charge in [-0.2, -0.15) is 0 Å². The molecular formula is C8H14N4S. The third-order valence-electron chi connectivity index (χ3n) is 1.33. The fourth-order valence-electron chi connectivity index (χ4n) is 0.825. The van der Waals surface area contributed by atoms with Gasteiger partial charge in [-0.15, -0.1) is 11.3 Å². The summed E-state index contributed by atoms with van der Waals surface area (Å²) >= 11 is 1.58. The molecule has 3 N–H and O–H groups in total. The average molecular weight is 198 g/mol. The largest absolute Gasteiger partial charge is 0.370 e. The average Bonchev–Trinajstić information content (AvgIpc) is 2.51. The number of nitrogens with two attached hydrogens (primary N) is 1. The van der Waals surface area contributed by atoms with Crippen LogP contribution in [0.4, 0.5) is 0 Å². The van der Waals surface area contributed by atoms with E-state index in [0.717, 1.165) is 4.88 Å². The van der Waals surface area contributed by atoms with E-state index in [9.17, 15) is 0 Å². The van der Waals surface area contributed by atoms with Crippen LogP contribution in [0, 0.1) is 0 Å². The van der Waals surface area contributed by atoms with Gasteiger partial charge in [-0.05, 0) is 13.8 Å². The third-order valence-corrected chi connectivity index (χ3v) is 2.09. The van der Waals surface area contributed by atoms with Crippen molar-refractivity contribution < 1.29 is 0 Å². The highest BCUT2D eigenvalue weighted by atomic mass is 32.1. The standard InChI is InChI=1S/C8H14N4S/c1-6(2)12-8(9)11-4-7-3-10-5-13-7/h3,5-6H,4H2,1-2H3,(H3,9,11,12). The Kier molecular flexibility index (Phi) is 3.70. The van der Waals surface area contributed by atoms with E-state index in [1.165, 1.54) is 0 Å². The summed E-state index contributed by atoms with van der Waals surface area (Å²) in [5, 5.41) is 3.02. The van der Waals surface area contributed by atoms with Crippen LogP contribution in [0.3, 0.4) is 0 Å². The normalized spacial score (nSPS) is 12.1. The summed E-state index contributed by atoms with van der Waals surface area (Å²) in [4.78, 5) is 9.23. The van der Waals surface area contributed by atoms with Crippen LogP contribution in [0.25, 0.3) is 0 Å². The fraction of sp³-hybridized carbons (Fsp3) is 0.500. The molecule has 0 atom stereocenters. The maximum atomic E-state index is 5.61. The van der Waals surface area contributed by atoms with Crippen molar-refractivity contribution in [3.8, 4) is 0 Å². The van der Waals surface area contributed by atoms with Gasteiger partial charge in [-0.3, -0.25) is 4.98 Å². The summed E-state index contributed by atoms with van der Waals surface area (Å²) in [6.45, 7) is 4.65. The molecule has 0 amide bonds. The molecule has 0 aromatic carbocycles. The molecule has 0 aliphatic heterocycles. The Morgan fingerprint density at radius 1 is 1.77 bits per heavy atom. The molecule has 4 nitrogen and oxygen atoms in total. The highest BCUT2D eigenvalue weighted by molar-refractivity contribution is 7.09. The fourth-order valence-corrected chi connectivity index (χ4v) is 1.34. The molecule has 72 valence electrons. The van der Waals surface area contributed by atoms with Gasteiger partial charge in [0.2, 0.25) is 0 Å². The van der Waals surface area contributed by atoms with Crippen molar-refractivity contribution in [2.75, 3.05) is 0 Å². The van der Waals surface area contributed by atoms with Crippen molar-refractivity contribution in [1.82, 2.24) is 10.3 Å². The number of hydrogen-bond donors (Lipinski definition) is 2. The smallest absolute Gasteiger partial charge is 0.189 e. The minimum absolute atomic E-state index is 0.324. The van der Waals surface area contributed by atoms with Crippen molar-refractivity contribution in [2.45, 2.75) is 26.4 Å². The van der Waals surface area contributed by atoms with Gasteiger partial charge in [0.25, 0.3) is 0 Å². The van der Waals surface area contributed by atoms with Crippen LogP contribution in [0.15, 0.2) is 16.7 Å². The SMILES string of the molecule is CC(C)NC(N)=NCc1cncs1. The molecule has 0 aliphatic rings. The summed E-state index contributed by atoms with van der Waals surface area (Å²) in [6, 6.07) is 0.324. The molecule has 0 unspecified atom stereocenters. The van der Waals surface area contributed by atoms with Gasteiger partial charge in [0.1, 0.15) is 0 Å². The number of hydrogen-bond acceptors (Lipinski definition) is 3. The molecule has 5 heteroatoms. The molecule has 0 saturated carbocycles. The van der Waals surface area contributed by atoms with Gasteiger partial charge >= 0.3 is 0 Å². The lowest BCUT2D eigenvalue weighted by Gasteiger charge is -2.07. The molecule has 13 heavy (non-hydrogen) atoms. The van der Waals surface area contributed by atoms with E-state index in [0.29, 0.717) is 18.5 Å². The van der Waals surface area contributed by atoms with E-state index in [1.54, 1.807) is 23.0 Å². The number of thiazole rings is 1. The van der Waals surface area contributed by atoms with Crippen molar-refractivity contribution in [2.24, 2.45) is 10.7 Å². The minimum atomic E-state index is 0.324. The summed E-state index contributed by atoms with van der Waals surface area (Å²) in [5.41, 5.74) is 7.40. The first-order chi connectivity index (χ1) is 6.18. The maximum Gasteiger partial charge on any atom is 0.189 e. The summed E-state index contributed by atoms with van der Waals surface area (Å²) in [7, 11) is 0. The second-order valence-electron chi connectivity index (χ2n) is 2.97. The van der Waals surface area contributed by atoms with E-state index in [2.05, 4.69) is 15.3 Å². The predicted molar refractivity (Wildman–Crippen MR) is 55.7 cm³/mol. The van der Waals surface area contributed by atoms with E-state index in [-0.39, 0.29) is 0 Å².